The molecule has 0 radical (unpaired) electrons. The minimum atomic E-state index is 0.431. The number of carbonyl (C=O) groups excluding carboxylic acids is 1. The van der Waals surface area contributed by atoms with Crippen LogP contribution in [0.15, 0.2) is 24.3 Å². The van der Waals surface area contributed by atoms with Gasteiger partial charge in [0.1, 0.15) is 5.15 Å². The van der Waals surface area contributed by atoms with Crippen LogP contribution in [-0.2, 0) is 9.53 Å². The number of halogens is 1. The van der Waals surface area contributed by atoms with Gasteiger partial charge < -0.3 is 4.74 Å². The van der Waals surface area contributed by atoms with Crippen molar-refractivity contribution in [3.05, 3.63) is 29.4 Å². The van der Waals surface area contributed by atoms with E-state index in [0.717, 1.165) is 10.9 Å². The molecule has 0 aliphatic rings. The third-order valence-corrected chi connectivity index (χ3v) is 1.94. The molecule has 0 atom stereocenters. The number of para-hydroxylation sites is 1. The van der Waals surface area contributed by atoms with Crippen molar-refractivity contribution in [3.63, 3.8) is 0 Å². The van der Waals surface area contributed by atoms with Crippen LogP contribution in [0.25, 0.3) is 10.9 Å². The molecule has 0 amide bonds. The van der Waals surface area contributed by atoms with Crippen molar-refractivity contribution in [1.82, 2.24) is 10.2 Å². The van der Waals surface area contributed by atoms with E-state index in [4.69, 9.17) is 11.6 Å². The number of aromatic amines is 1. The van der Waals surface area contributed by atoms with Crippen LogP contribution in [0.2, 0.25) is 5.15 Å². The van der Waals surface area contributed by atoms with E-state index in [1.807, 2.05) is 24.3 Å². The highest BCUT2D eigenvalue weighted by Crippen LogP contribution is 2.18. The van der Waals surface area contributed by atoms with Crippen molar-refractivity contribution in [2.75, 3.05) is 6.61 Å². The Morgan fingerprint density at radius 1 is 1.53 bits per heavy atom. The molecule has 0 aliphatic carbocycles. The van der Waals surface area contributed by atoms with E-state index in [2.05, 4.69) is 14.9 Å². The average molecular weight is 227 g/mol. The number of hydrogen-bond donors (Lipinski definition) is 1. The molecule has 0 saturated heterocycles. The molecular weight excluding hydrogens is 216 g/mol. The van der Waals surface area contributed by atoms with Crippen LogP contribution in [-0.4, -0.2) is 23.3 Å². The zero-order chi connectivity index (χ0) is 11.1. The number of hydrogen-bond acceptors (Lipinski definition) is 3. The summed E-state index contributed by atoms with van der Waals surface area (Å²) >= 11 is 5.75. The zero-order valence-corrected chi connectivity index (χ0v) is 8.99. The van der Waals surface area contributed by atoms with Crippen LogP contribution in [0.1, 0.15) is 6.92 Å². The first-order valence-corrected chi connectivity index (χ1v) is 4.81. The van der Waals surface area contributed by atoms with Gasteiger partial charge in [-0.2, -0.15) is 5.10 Å². The maximum atomic E-state index is 9.18. The van der Waals surface area contributed by atoms with Crippen molar-refractivity contribution in [3.8, 4) is 0 Å². The van der Waals surface area contributed by atoms with E-state index in [0.29, 0.717) is 18.2 Å². The minimum absolute atomic E-state index is 0.431. The van der Waals surface area contributed by atoms with Crippen LogP contribution < -0.4 is 0 Å². The first-order valence-electron chi connectivity index (χ1n) is 4.43. The molecule has 2 rings (SSSR count). The van der Waals surface area contributed by atoms with Gasteiger partial charge in [-0.05, 0) is 19.1 Å². The van der Waals surface area contributed by atoms with Crippen molar-refractivity contribution < 1.29 is 9.53 Å². The van der Waals surface area contributed by atoms with Crippen LogP contribution in [0.4, 0.5) is 0 Å². The fraction of sp³-hybridized carbons (Fsp3) is 0.200. The van der Waals surface area contributed by atoms with Crippen LogP contribution in [0, 0.1) is 0 Å². The van der Waals surface area contributed by atoms with E-state index in [1.54, 1.807) is 6.92 Å². The Balaban J connectivity index is 0.000000195. The molecule has 80 valence electrons. The summed E-state index contributed by atoms with van der Waals surface area (Å²) in [5, 5.41) is 8.24. The van der Waals surface area contributed by atoms with Gasteiger partial charge in [-0.15, -0.1) is 0 Å². The van der Waals surface area contributed by atoms with E-state index in [-0.39, 0.29) is 0 Å². The lowest BCUT2D eigenvalue weighted by Gasteiger charge is -1.82. The molecule has 0 fully saturated rings. The Labute approximate surface area is 92.2 Å². The van der Waals surface area contributed by atoms with Gasteiger partial charge in [-0.25, -0.2) is 0 Å². The molecule has 1 aromatic carbocycles. The van der Waals surface area contributed by atoms with Crippen molar-refractivity contribution in [2.45, 2.75) is 6.92 Å². The molecule has 0 spiro atoms. The molecule has 0 unspecified atom stereocenters. The number of fused-ring (bicyclic) bond motifs is 1. The second-order valence-electron chi connectivity index (χ2n) is 2.61. The molecule has 1 N–H and O–H groups in total. The molecule has 0 bridgehead atoms. The number of benzene rings is 1. The molecule has 0 aliphatic heterocycles. The lowest BCUT2D eigenvalue weighted by atomic mass is 10.3. The van der Waals surface area contributed by atoms with Gasteiger partial charge in [0.25, 0.3) is 6.47 Å². The van der Waals surface area contributed by atoms with Gasteiger partial charge >= 0.3 is 0 Å². The number of aromatic nitrogens is 2. The topological polar surface area (TPSA) is 55.0 Å². The predicted molar refractivity (Wildman–Crippen MR) is 58.8 cm³/mol. The third kappa shape index (κ3) is 3.25. The summed E-state index contributed by atoms with van der Waals surface area (Å²) in [6.45, 7) is 2.66. The number of rotatable bonds is 2. The van der Waals surface area contributed by atoms with Gasteiger partial charge in [-0.1, -0.05) is 23.7 Å². The SMILES string of the molecule is CCOC=O.Clc1[nH]nc2ccccc12. The number of ether oxygens (including phenoxy) is 1. The smallest absolute Gasteiger partial charge is 0.293 e. The average Bonchev–Trinajstić information content (AvgIpc) is 2.64. The minimum Gasteiger partial charge on any atom is -0.468 e. The van der Waals surface area contributed by atoms with Crippen molar-refractivity contribution in [2.24, 2.45) is 0 Å². The molecule has 15 heavy (non-hydrogen) atoms. The molecular formula is C10H11ClN2O2. The van der Waals surface area contributed by atoms with E-state index < -0.39 is 0 Å². The van der Waals surface area contributed by atoms with Gasteiger partial charge in [0, 0.05) is 5.39 Å². The van der Waals surface area contributed by atoms with E-state index in [9.17, 15) is 4.79 Å². The fourth-order valence-electron chi connectivity index (χ4n) is 0.994. The summed E-state index contributed by atoms with van der Waals surface area (Å²) in [6.07, 6.45) is 0. The molecule has 1 heterocycles. The summed E-state index contributed by atoms with van der Waals surface area (Å²) in [4.78, 5) is 9.18. The van der Waals surface area contributed by atoms with E-state index in [1.165, 1.54) is 0 Å². The largest absolute Gasteiger partial charge is 0.468 e. The summed E-state index contributed by atoms with van der Waals surface area (Å²) in [6, 6.07) is 7.71. The molecule has 1 aromatic heterocycles. The zero-order valence-electron chi connectivity index (χ0n) is 8.24. The first kappa shape index (κ1) is 11.5. The lowest BCUT2D eigenvalue weighted by molar-refractivity contribution is -0.128. The molecule has 2 aromatic rings. The maximum Gasteiger partial charge on any atom is 0.293 e. The quantitative estimate of drug-likeness (QED) is 0.800. The summed E-state index contributed by atoms with van der Waals surface area (Å²) in [5.41, 5.74) is 0.910. The van der Waals surface area contributed by atoms with Crippen LogP contribution in [0.5, 0.6) is 0 Å². The van der Waals surface area contributed by atoms with Gasteiger partial charge in [0.2, 0.25) is 0 Å². The Morgan fingerprint density at radius 2 is 2.27 bits per heavy atom. The van der Waals surface area contributed by atoms with Gasteiger partial charge in [-0.3, -0.25) is 9.89 Å². The maximum absolute atomic E-state index is 9.18. The van der Waals surface area contributed by atoms with Crippen molar-refractivity contribution >= 4 is 29.0 Å². The summed E-state index contributed by atoms with van der Waals surface area (Å²) < 4.78 is 4.15. The predicted octanol–water partition coefficient (Wildman–Crippen LogP) is 2.40. The second-order valence-corrected chi connectivity index (χ2v) is 2.98. The fourth-order valence-corrected chi connectivity index (χ4v) is 1.20. The normalized spacial score (nSPS) is 9.20. The Bertz CT molecular complexity index is 428. The van der Waals surface area contributed by atoms with Gasteiger partial charge in [0.15, 0.2) is 0 Å². The van der Waals surface area contributed by atoms with Crippen LogP contribution >= 0.6 is 11.6 Å². The van der Waals surface area contributed by atoms with E-state index >= 15 is 0 Å². The summed E-state index contributed by atoms with van der Waals surface area (Å²) in [7, 11) is 0. The van der Waals surface area contributed by atoms with Crippen LogP contribution in [0.3, 0.4) is 0 Å². The Hall–Kier alpha value is -1.55. The first-order chi connectivity index (χ1) is 7.29. The Kier molecular flexibility index (Phi) is 4.63. The van der Waals surface area contributed by atoms with Gasteiger partial charge in [0.05, 0.1) is 12.1 Å². The third-order valence-electron chi connectivity index (χ3n) is 1.65. The number of nitrogens with zero attached hydrogens (tertiary/aromatic N) is 1. The highest BCUT2D eigenvalue weighted by Gasteiger charge is 1.98. The number of nitrogens with one attached hydrogen (secondary N) is 1. The molecule has 4 nitrogen and oxygen atoms in total. The molecule has 5 heteroatoms. The number of carbonyl (C=O) groups is 1. The highest BCUT2D eigenvalue weighted by molar-refractivity contribution is 6.34. The lowest BCUT2D eigenvalue weighted by Crippen LogP contribution is -1.80. The standard InChI is InChI=1S/C7H5ClN2.C3H6O2/c8-7-5-3-1-2-4-6(5)9-10-7;1-2-5-3-4/h1-4H,(H,9,10);3H,2H2,1H3. The monoisotopic (exact) mass is 226 g/mol. The number of H-pyrrole nitrogens is 1. The molecule has 0 saturated carbocycles. The van der Waals surface area contributed by atoms with Crippen molar-refractivity contribution in [1.29, 1.82) is 0 Å². The second kappa shape index (κ2) is 6.03. The Morgan fingerprint density at radius 3 is 2.80 bits per heavy atom. The summed E-state index contributed by atoms with van der Waals surface area (Å²) in [5.74, 6) is 0. The highest BCUT2D eigenvalue weighted by atomic mass is 35.5.